The van der Waals surface area contributed by atoms with Gasteiger partial charge in [-0.3, -0.25) is 9.80 Å². The van der Waals surface area contributed by atoms with Crippen LogP contribution in [-0.4, -0.2) is 25.3 Å². The van der Waals surface area contributed by atoms with E-state index in [9.17, 15) is 4.79 Å². The molecule has 0 N–H and O–H groups in total. The Labute approximate surface area is 192 Å². The van der Waals surface area contributed by atoms with Crippen LogP contribution in [0.25, 0.3) is 0 Å². The standard InChI is InChI=1S/C25H24Cl2N2O2/c1-17-5-4-6-18(15-17)23-25(2,16-31-3)29(22-13-9-20(27)10-14-22)24(30)28(23)21-11-7-19(26)8-12-21/h4-15,23H,16H2,1-3H3/t23-,25+/m0/s1. The van der Waals surface area contributed by atoms with Crippen LogP contribution in [-0.2, 0) is 4.74 Å². The van der Waals surface area contributed by atoms with Gasteiger partial charge in [-0.25, -0.2) is 4.79 Å². The third kappa shape index (κ3) is 3.91. The van der Waals surface area contributed by atoms with Gasteiger partial charge in [-0.05, 0) is 67.9 Å². The molecule has 0 saturated carbocycles. The van der Waals surface area contributed by atoms with E-state index in [1.54, 1.807) is 31.4 Å². The number of hydrogen-bond donors (Lipinski definition) is 0. The van der Waals surface area contributed by atoms with Gasteiger partial charge in [0, 0.05) is 28.5 Å². The Kier molecular flexibility index (Phi) is 5.98. The molecule has 0 aromatic heterocycles. The Morgan fingerprint density at radius 1 is 0.935 bits per heavy atom. The summed E-state index contributed by atoms with van der Waals surface area (Å²) < 4.78 is 5.67. The SMILES string of the molecule is COC[C@]1(C)[C@H](c2cccc(C)c2)N(c2ccc(Cl)cc2)C(=O)N1c1ccc(Cl)cc1. The minimum atomic E-state index is -0.674. The molecule has 31 heavy (non-hydrogen) atoms. The fourth-order valence-corrected chi connectivity index (χ4v) is 4.73. The second kappa shape index (κ2) is 8.54. The molecule has 3 aromatic rings. The molecule has 4 nitrogen and oxygen atoms in total. The zero-order valence-corrected chi connectivity index (χ0v) is 19.2. The van der Waals surface area contributed by atoms with Crippen molar-refractivity contribution >= 4 is 40.6 Å². The van der Waals surface area contributed by atoms with Crippen LogP contribution in [0.2, 0.25) is 10.0 Å². The highest BCUT2D eigenvalue weighted by Crippen LogP contribution is 2.48. The van der Waals surface area contributed by atoms with Crippen LogP contribution in [0.3, 0.4) is 0 Å². The molecule has 0 unspecified atom stereocenters. The summed E-state index contributed by atoms with van der Waals surface area (Å²) in [6.07, 6.45) is 0. The molecule has 1 aliphatic rings. The minimum Gasteiger partial charge on any atom is -0.382 e. The van der Waals surface area contributed by atoms with E-state index >= 15 is 0 Å². The van der Waals surface area contributed by atoms with Crippen LogP contribution >= 0.6 is 23.2 Å². The van der Waals surface area contributed by atoms with Crippen LogP contribution in [0.1, 0.15) is 24.1 Å². The fraction of sp³-hybridized carbons (Fsp3) is 0.240. The molecule has 0 radical (unpaired) electrons. The van der Waals surface area contributed by atoms with Crippen molar-refractivity contribution in [1.82, 2.24) is 0 Å². The van der Waals surface area contributed by atoms with Gasteiger partial charge in [0.05, 0.1) is 18.2 Å². The lowest BCUT2D eigenvalue weighted by Gasteiger charge is -2.38. The number of carbonyl (C=O) groups is 1. The molecule has 3 aromatic carbocycles. The van der Waals surface area contributed by atoms with Gasteiger partial charge in [-0.1, -0.05) is 53.0 Å². The first-order valence-corrected chi connectivity index (χ1v) is 10.8. The van der Waals surface area contributed by atoms with Crippen LogP contribution < -0.4 is 9.80 Å². The van der Waals surface area contributed by atoms with Crippen LogP contribution in [0, 0.1) is 6.92 Å². The summed E-state index contributed by atoms with van der Waals surface area (Å²) in [5, 5.41) is 1.24. The van der Waals surface area contributed by atoms with E-state index in [0.29, 0.717) is 16.7 Å². The number of nitrogens with zero attached hydrogens (tertiary/aromatic N) is 2. The molecule has 2 atom stereocenters. The summed E-state index contributed by atoms with van der Waals surface area (Å²) in [5.74, 6) is 0. The summed E-state index contributed by atoms with van der Waals surface area (Å²) in [6.45, 7) is 4.47. The molecule has 2 amide bonds. The topological polar surface area (TPSA) is 32.8 Å². The normalized spacial score (nSPS) is 21.1. The summed E-state index contributed by atoms with van der Waals surface area (Å²) in [6, 6.07) is 22.5. The number of anilines is 2. The summed E-state index contributed by atoms with van der Waals surface area (Å²) >= 11 is 12.2. The number of carbonyl (C=O) groups excluding carboxylic acids is 1. The second-order valence-corrected chi connectivity index (χ2v) is 8.92. The van der Waals surface area contributed by atoms with Crippen molar-refractivity contribution in [2.24, 2.45) is 0 Å². The third-order valence-corrected chi connectivity index (χ3v) is 6.24. The number of methoxy groups -OCH3 is 1. The first-order chi connectivity index (χ1) is 14.8. The van der Waals surface area contributed by atoms with Gasteiger partial charge in [-0.15, -0.1) is 0 Å². The second-order valence-electron chi connectivity index (χ2n) is 8.05. The summed E-state index contributed by atoms with van der Waals surface area (Å²) in [5.41, 5.74) is 3.04. The predicted molar refractivity (Wildman–Crippen MR) is 127 cm³/mol. The molecule has 1 fully saturated rings. The molecule has 0 aliphatic carbocycles. The van der Waals surface area contributed by atoms with Crippen molar-refractivity contribution in [3.63, 3.8) is 0 Å². The minimum absolute atomic E-state index is 0.129. The lowest BCUT2D eigenvalue weighted by molar-refractivity contribution is 0.134. The van der Waals surface area contributed by atoms with E-state index in [1.165, 1.54) is 0 Å². The highest BCUT2D eigenvalue weighted by atomic mass is 35.5. The van der Waals surface area contributed by atoms with Gasteiger partial charge in [-0.2, -0.15) is 0 Å². The van der Waals surface area contributed by atoms with Crippen molar-refractivity contribution in [1.29, 1.82) is 0 Å². The molecule has 1 saturated heterocycles. The number of halogens is 2. The number of benzene rings is 3. The average Bonchev–Trinajstić information content (AvgIpc) is 2.96. The Bertz CT molecular complexity index is 1090. The van der Waals surface area contributed by atoms with E-state index in [4.69, 9.17) is 27.9 Å². The van der Waals surface area contributed by atoms with E-state index in [-0.39, 0.29) is 12.1 Å². The van der Waals surface area contributed by atoms with E-state index < -0.39 is 5.54 Å². The molecule has 1 aliphatic heterocycles. The Morgan fingerprint density at radius 3 is 2.06 bits per heavy atom. The molecule has 0 spiro atoms. The highest BCUT2D eigenvalue weighted by molar-refractivity contribution is 6.31. The quantitative estimate of drug-likeness (QED) is 0.420. The number of rotatable bonds is 5. The van der Waals surface area contributed by atoms with E-state index in [0.717, 1.165) is 22.5 Å². The maximum atomic E-state index is 14.0. The van der Waals surface area contributed by atoms with Crippen LogP contribution in [0.5, 0.6) is 0 Å². The first-order valence-electron chi connectivity index (χ1n) is 10.1. The summed E-state index contributed by atoms with van der Waals surface area (Å²) in [4.78, 5) is 17.6. The van der Waals surface area contributed by atoms with Crippen molar-refractivity contribution in [2.75, 3.05) is 23.5 Å². The zero-order valence-electron chi connectivity index (χ0n) is 17.7. The van der Waals surface area contributed by atoms with Gasteiger partial charge < -0.3 is 4.74 Å². The maximum absolute atomic E-state index is 14.0. The molecule has 160 valence electrons. The lowest BCUT2D eigenvalue weighted by atomic mass is 9.86. The van der Waals surface area contributed by atoms with Crippen LogP contribution in [0.4, 0.5) is 16.2 Å². The third-order valence-electron chi connectivity index (χ3n) is 5.74. The van der Waals surface area contributed by atoms with Crippen molar-refractivity contribution in [2.45, 2.75) is 25.4 Å². The van der Waals surface area contributed by atoms with Crippen molar-refractivity contribution in [3.05, 3.63) is 94.0 Å². The predicted octanol–water partition coefficient (Wildman–Crippen LogP) is 6.89. The van der Waals surface area contributed by atoms with E-state index in [2.05, 4.69) is 32.0 Å². The van der Waals surface area contributed by atoms with Crippen LogP contribution in [0.15, 0.2) is 72.8 Å². The Hall–Kier alpha value is -2.53. The van der Waals surface area contributed by atoms with Gasteiger partial charge in [0.25, 0.3) is 0 Å². The van der Waals surface area contributed by atoms with Gasteiger partial charge in [0.15, 0.2) is 0 Å². The molecule has 6 heteroatoms. The molecule has 4 rings (SSSR count). The van der Waals surface area contributed by atoms with Gasteiger partial charge in [0.2, 0.25) is 0 Å². The molecule has 1 heterocycles. The monoisotopic (exact) mass is 454 g/mol. The van der Waals surface area contributed by atoms with Crippen molar-refractivity contribution < 1.29 is 9.53 Å². The smallest absolute Gasteiger partial charge is 0.330 e. The molecule has 0 bridgehead atoms. The zero-order chi connectivity index (χ0) is 22.2. The summed E-state index contributed by atoms with van der Waals surface area (Å²) in [7, 11) is 1.66. The largest absolute Gasteiger partial charge is 0.382 e. The lowest BCUT2D eigenvalue weighted by Crippen LogP contribution is -2.49. The number of hydrogen-bond acceptors (Lipinski definition) is 2. The van der Waals surface area contributed by atoms with Gasteiger partial charge in [0.1, 0.15) is 0 Å². The molecular formula is C25H24Cl2N2O2. The fourth-order valence-electron chi connectivity index (χ4n) is 4.48. The Morgan fingerprint density at radius 2 is 1.52 bits per heavy atom. The maximum Gasteiger partial charge on any atom is 0.330 e. The number of urea groups is 1. The highest BCUT2D eigenvalue weighted by Gasteiger charge is 2.56. The van der Waals surface area contributed by atoms with Crippen molar-refractivity contribution in [3.8, 4) is 0 Å². The first kappa shape index (κ1) is 21.7. The molecular weight excluding hydrogens is 431 g/mol. The van der Waals surface area contributed by atoms with Gasteiger partial charge >= 0.3 is 6.03 Å². The number of ether oxygens (including phenoxy) is 1. The average molecular weight is 455 g/mol. The number of amides is 2. The van der Waals surface area contributed by atoms with E-state index in [1.807, 2.05) is 40.1 Å². The Balaban J connectivity index is 1.94. The number of aryl methyl sites for hydroxylation is 1.